The molecule has 2 fully saturated rings. The summed E-state index contributed by atoms with van der Waals surface area (Å²) >= 11 is 0. The summed E-state index contributed by atoms with van der Waals surface area (Å²) in [5, 5.41) is 23.8. The molecule has 1 saturated heterocycles. The van der Waals surface area contributed by atoms with Gasteiger partial charge in [0.05, 0.1) is 43.0 Å². The molecular formula is C45H54N4O10. The maximum absolute atomic E-state index is 13.5. The largest absolute Gasteiger partial charge is 0.445 e. The van der Waals surface area contributed by atoms with Crippen LogP contribution >= 0.6 is 0 Å². The van der Waals surface area contributed by atoms with Crippen molar-refractivity contribution in [3.05, 3.63) is 144 Å². The number of alkyl carbamates (subject to hydrolysis) is 3. The number of ether oxygens (including phenoxy) is 6. The van der Waals surface area contributed by atoms with Crippen molar-refractivity contribution in [2.45, 2.75) is 107 Å². The van der Waals surface area contributed by atoms with Crippen LogP contribution in [0.5, 0.6) is 0 Å². The number of hydrogen-bond donors (Lipinski definition) is 5. The second-order valence-electron chi connectivity index (χ2n) is 14.7. The summed E-state index contributed by atoms with van der Waals surface area (Å²) in [5.41, 5.74) is 3.37. The van der Waals surface area contributed by atoms with E-state index in [1.807, 2.05) is 121 Å². The highest BCUT2D eigenvalue weighted by Crippen LogP contribution is 2.31. The Bertz CT molecular complexity index is 1880. The molecule has 2 aliphatic rings. The summed E-state index contributed by atoms with van der Waals surface area (Å²) in [5.74, 6) is 0. The molecule has 6 rings (SSSR count). The van der Waals surface area contributed by atoms with Gasteiger partial charge in [-0.3, -0.25) is 0 Å². The smallest absolute Gasteiger partial charge is 0.407 e. The number of aliphatic hydroxyl groups is 1. The lowest BCUT2D eigenvalue weighted by atomic mass is 9.83. The van der Waals surface area contributed by atoms with Crippen molar-refractivity contribution in [1.29, 1.82) is 0 Å². The van der Waals surface area contributed by atoms with E-state index in [-0.39, 0.29) is 26.4 Å². The number of benzene rings is 4. The minimum Gasteiger partial charge on any atom is -0.445 e. The van der Waals surface area contributed by atoms with Crippen molar-refractivity contribution >= 4 is 18.3 Å². The van der Waals surface area contributed by atoms with Crippen LogP contribution in [0.4, 0.5) is 14.4 Å². The third-order valence-corrected chi connectivity index (χ3v) is 10.5. The Balaban J connectivity index is 1.21. The Morgan fingerprint density at radius 2 is 1.14 bits per heavy atom. The third-order valence-electron chi connectivity index (χ3n) is 10.5. The average Bonchev–Trinajstić information content (AvgIpc) is 3.27. The third kappa shape index (κ3) is 13.0. The van der Waals surface area contributed by atoms with Gasteiger partial charge in [0.2, 0.25) is 0 Å². The molecule has 314 valence electrons. The van der Waals surface area contributed by atoms with Crippen LogP contribution in [0.1, 0.15) is 48.4 Å². The van der Waals surface area contributed by atoms with E-state index in [0.29, 0.717) is 19.3 Å². The lowest BCUT2D eigenvalue weighted by molar-refractivity contribution is -0.261. The summed E-state index contributed by atoms with van der Waals surface area (Å²) in [6, 6.07) is 34.8. The van der Waals surface area contributed by atoms with E-state index >= 15 is 0 Å². The van der Waals surface area contributed by atoms with E-state index in [4.69, 9.17) is 28.4 Å². The molecule has 59 heavy (non-hydrogen) atoms. The molecule has 1 saturated carbocycles. The number of likely N-dealkylation sites (N-methyl/N-ethyl adjacent to an activating group) is 1. The molecular weight excluding hydrogens is 757 g/mol. The molecule has 0 aromatic heterocycles. The second kappa shape index (κ2) is 22.0. The summed E-state index contributed by atoms with van der Waals surface area (Å²) in [4.78, 5) is 39.6. The molecule has 14 nitrogen and oxygen atoms in total. The zero-order valence-electron chi connectivity index (χ0n) is 33.3. The molecule has 1 heterocycles. The number of hydrogen-bond acceptors (Lipinski definition) is 11. The van der Waals surface area contributed by atoms with E-state index in [0.717, 1.165) is 22.3 Å². The summed E-state index contributed by atoms with van der Waals surface area (Å²) in [6.45, 7) is 2.18. The molecule has 4 aromatic carbocycles. The normalized spacial score (nSPS) is 24.5. The van der Waals surface area contributed by atoms with Gasteiger partial charge in [-0.15, -0.1) is 0 Å². The van der Waals surface area contributed by atoms with Crippen LogP contribution in [0.15, 0.2) is 121 Å². The molecule has 9 atom stereocenters. The zero-order chi connectivity index (χ0) is 41.4. The van der Waals surface area contributed by atoms with Crippen LogP contribution in [-0.2, 0) is 54.8 Å². The van der Waals surface area contributed by atoms with Crippen molar-refractivity contribution in [3.8, 4) is 0 Å². The number of amides is 3. The van der Waals surface area contributed by atoms with Gasteiger partial charge < -0.3 is 54.8 Å². The zero-order valence-corrected chi connectivity index (χ0v) is 33.3. The minimum absolute atomic E-state index is 0.0192. The van der Waals surface area contributed by atoms with Crippen molar-refractivity contribution < 1.29 is 47.9 Å². The number of rotatable bonds is 16. The van der Waals surface area contributed by atoms with Crippen molar-refractivity contribution in [1.82, 2.24) is 21.3 Å². The van der Waals surface area contributed by atoms with Gasteiger partial charge in [0.25, 0.3) is 0 Å². The molecule has 1 unspecified atom stereocenters. The fourth-order valence-electron chi connectivity index (χ4n) is 7.23. The first-order valence-corrected chi connectivity index (χ1v) is 20.0. The quantitative estimate of drug-likeness (QED) is 0.0876. The van der Waals surface area contributed by atoms with Gasteiger partial charge in [0.1, 0.15) is 25.9 Å². The topological polar surface area (TPSA) is 175 Å². The highest BCUT2D eigenvalue weighted by atomic mass is 16.7. The van der Waals surface area contributed by atoms with Crippen molar-refractivity contribution in [3.63, 3.8) is 0 Å². The van der Waals surface area contributed by atoms with Gasteiger partial charge >= 0.3 is 18.3 Å². The van der Waals surface area contributed by atoms with Gasteiger partial charge in [-0.1, -0.05) is 121 Å². The molecule has 4 aromatic rings. The molecule has 0 radical (unpaired) electrons. The van der Waals surface area contributed by atoms with Crippen LogP contribution in [0.3, 0.4) is 0 Å². The number of nitrogens with one attached hydrogen (secondary N) is 4. The Morgan fingerprint density at radius 3 is 1.64 bits per heavy atom. The Morgan fingerprint density at radius 1 is 0.661 bits per heavy atom. The lowest BCUT2D eigenvalue weighted by Gasteiger charge is -2.47. The van der Waals surface area contributed by atoms with Crippen LogP contribution < -0.4 is 21.3 Å². The predicted octanol–water partition coefficient (Wildman–Crippen LogP) is 5.72. The summed E-state index contributed by atoms with van der Waals surface area (Å²) < 4.78 is 36.4. The first kappa shape index (κ1) is 43.1. The molecule has 0 spiro atoms. The lowest BCUT2D eigenvalue weighted by Crippen LogP contribution is -2.67. The van der Waals surface area contributed by atoms with E-state index in [2.05, 4.69) is 21.3 Å². The van der Waals surface area contributed by atoms with E-state index in [1.165, 1.54) is 0 Å². The van der Waals surface area contributed by atoms with Gasteiger partial charge in [0, 0.05) is 6.04 Å². The Labute approximate surface area is 344 Å². The Hall–Kier alpha value is -5.51. The molecule has 1 aliphatic carbocycles. The van der Waals surface area contributed by atoms with Gasteiger partial charge in [-0.05, 0) is 55.5 Å². The van der Waals surface area contributed by atoms with Gasteiger partial charge in [-0.25, -0.2) is 14.4 Å². The molecule has 3 amide bonds. The minimum atomic E-state index is -1.17. The van der Waals surface area contributed by atoms with E-state index < -0.39 is 73.2 Å². The summed E-state index contributed by atoms with van der Waals surface area (Å²) in [6.07, 6.45) is -5.65. The highest BCUT2D eigenvalue weighted by Gasteiger charge is 2.49. The number of carbonyl (C=O) groups excluding carboxylic acids is 3. The first-order chi connectivity index (χ1) is 28.7. The van der Waals surface area contributed by atoms with E-state index in [1.54, 1.807) is 14.0 Å². The fraction of sp³-hybridized carbons (Fsp3) is 0.400. The molecule has 0 bridgehead atoms. The van der Waals surface area contributed by atoms with E-state index in [9.17, 15) is 19.5 Å². The second-order valence-corrected chi connectivity index (χ2v) is 14.7. The van der Waals surface area contributed by atoms with Crippen LogP contribution in [0.2, 0.25) is 0 Å². The van der Waals surface area contributed by atoms with Crippen molar-refractivity contribution in [2.75, 3.05) is 7.05 Å². The maximum Gasteiger partial charge on any atom is 0.407 e. The first-order valence-electron chi connectivity index (χ1n) is 20.0. The molecule has 5 N–H and O–H groups in total. The van der Waals surface area contributed by atoms with Gasteiger partial charge in [-0.2, -0.15) is 0 Å². The number of carbonyl (C=O) groups is 3. The number of aliphatic hydroxyl groups excluding tert-OH is 1. The van der Waals surface area contributed by atoms with Crippen LogP contribution in [-0.4, -0.2) is 85.3 Å². The maximum atomic E-state index is 13.5. The Kier molecular flexibility index (Phi) is 16.1. The van der Waals surface area contributed by atoms with Crippen LogP contribution in [0, 0.1) is 0 Å². The van der Waals surface area contributed by atoms with Crippen LogP contribution in [0.25, 0.3) is 0 Å². The van der Waals surface area contributed by atoms with Gasteiger partial charge in [0.15, 0.2) is 6.29 Å². The fourth-order valence-corrected chi connectivity index (χ4v) is 7.23. The summed E-state index contributed by atoms with van der Waals surface area (Å²) in [7, 11) is 1.73. The predicted molar refractivity (Wildman–Crippen MR) is 218 cm³/mol. The monoisotopic (exact) mass is 810 g/mol. The SMILES string of the molecule is CN[C@@H]1C[C@H](OCc2ccccc2)[C@H](NC(=O)OCc2ccccc2)[C@@H](O[C@H]2O[C@H](C(C)NC(=O)OCc3ccccc3)CC[C@H]2NC(=O)OCc2ccccc2)[C@@H]1O. The molecule has 14 heteroatoms. The highest BCUT2D eigenvalue weighted by molar-refractivity contribution is 5.68. The standard InChI is InChI=1S/C45H54N4O10/c1-30(47-43(51)55-27-32-17-9-4-10-18-32)37-24-23-35(48-44(52)56-28-33-19-11-5-12-20-33)42(58-37)59-41-39(49-45(53)57-29-34-21-13-6-14-22-34)38(25-36(46-2)40(41)50)54-26-31-15-7-3-8-16-31/h3-22,30,35-42,46,50H,23-29H2,1-2H3,(H,47,51)(H,48,52)(H,49,53)/t30?,35-,36-,37+,38+,39+,40-,41-,42-/m1/s1. The average molecular weight is 811 g/mol. The van der Waals surface area contributed by atoms with Crippen molar-refractivity contribution in [2.24, 2.45) is 0 Å². The molecule has 1 aliphatic heterocycles.